The summed E-state index contributed by atoms with van der Waals surface area (Å²) in [6, 6.07) is 8.28. The summed E-state index contributed by atoms with van der Waals surface area (Å²) in [5.41, 5.74) is 0.851. The smallest absolute Gasteiger partial charge is 0.255 e. The molecule has 2 fully saturated rings. The summed E-state index contributed by atoms with van der Waals surface area (Å²) in [6.45, 7) is 5.40. The van der Waals surface area contributed by atoms with E-state index in [4.69, 9.17) is 4.74 Å². The SMILES string of the molecule is CSc1ccccc1C(=O)N1CCCSCC1CN1CCOCC1. The minimum Gasteiger partial charge on any atom is -0.379 e. The highest BCUT2D eigenvalue weighted by molar-refractivity contribution is 7.99. The lowest BCUT2D eigenvalue weighted by atomic mass is 10.1. The lowest BCUT2D eigenvalue weighted by Gasteiger charge is -2.36. The van der Waals surface area contributed by atoms with Crippen LogP contribution >= 0.6 is 23.5 Å². The summed E-state index contributed by atoms with van der Waals surface area (Å²) >= 11 is 3.63. The molecular formula is C18H26N2O2S2. The van der Waals surface area contributed by atoms with Crippen LogP contribution in [-0.2, 0) is 4.74 Å². The molecule has 132 valence electrons. The van der Waals surface area contributed by atoms with Gasteiger partial charge in [0.25, 0.3) is 5.91 Å². The Morgan fingerprint density at radius 2 is 2.08 bits per heavy atom. The van der Waals surface area contributed by atoms with Gasteiger partial charge >= 0.3 is 0 Å². The maximum absolute atomic E-state index is 13.2. The molecule has 1 aromatic rings. The zero-order valence-corrected chi connectivity index (χ0v) is 15.9. The van der Waals surface area contributed by atoms with Gasteiger partial charge < -0.3 is 9.64 Å². The maximum atomic E-state index is 13.2. The number of rotatable bonds is 4. The Hall–Kier alpha value is -0.690. The van der Waals surface area contributed by atoms with E-state index in [2.05, 4.69) is 9.80 Å². The number of morpholine rings is 1. The molecule has 0 aromatic heterocycles. The summed E-state index contributed by atoms with van der Waals surface area (Å²) in [6.07, 6.45) is 3.12. The molecule has 2 aliphatic rings. The molecule has 1 unspecified atom stereocenters. The third-order valence-corrected chi connectivity index (χ3v) is 6.60. The second-order valence-corrected chi connectivity index (χ2v) is 8.19. The lowest BCUT2D eigenvalue weighted by molar-refractivity contribution is 0.0244. The van der Waals surface area contributed by atoms with Crippen molar-refractivity contribution in [3.8, 4) is 0 Å². The predicted molar refractivity (Wildman–Crippen MR) is 102 cm³/mol. The van der Waals surface area contributed by atoms with E-state index in [0.717, 1.165) is 67.8 Å². The van der Waals surface area contributed by atoms with Crippen LogP contribution in [0.3, 0.4) is 0 Å². The van der Waals surface area contributed by atoms with Crippen molar-refractivity contribution in [3.63, 3.8) is 0 Å². The number of benzene rings is 1. The molecule has 24 heavy (non-hydrogen) atoms. The van der Waals surface area contributed by atoms with Gasteiger partial charge in [-0.05, 0) is 30.6 Å². The summed E-state index contributed by atoms with van der Waals surface area (Å²) in [7, 11) is 0. The fourth-order valence-corrected chi connectivity index (χ4v) is 4.95. The molecule has 0 N–H and O–H groups in total. The van der Waals surface area contributed by atoms with Crippen LogP contribution in [0.4, 0.5) is 0 Å². The van der Waals surface area contributed by atoms with E-state index in [9.17, 15) is 4.79 Å². The predicted octanol–water partition coefficient (Wildman–Crippen LogP) is 2.69. The number of nitrogens with zero attached hydrogens (tertiary/aromatic N) is 2. The number of hydrogen-bond acceptors (Lipinski definition) is 5. The average Bonchev–Trinajstić information content (AvgIpc) is 2.87. The summed E-state index contributed by atoms with van der Waals surface area (Å²) in [4.78, 5) is 18.9. The summed E-state index contributed by atoms with van der Waals surface area (Å²) in [5, 5.41) is 0. The zero-order valence-electron chi connectivity index (χ0n) is 14.3. The zero-order chi connectivity index (χ0) is 16.8. The van der Waals surface area contributed by atoms with Crippen molar-refractivity contribution in [2.75, 3.05) is 57.2 Å². The molecule has 3 rings (SSSR count). The standard InChI is InChI=1S/C18H26N2O2S2/c1-23-17-6-3-2-5-16(17)18(21)20-7-4-12-24-14-15(20)13-19-8-10-22-11-9-19/h2-3,5-6,15H,4,7-14H2,1H3. The van der Waals surface area contributed by atoms with Crippen LogP contribution in [0.25, 0.3) is 0 Å². The number of ether oxygens (including phenoxy) is 1. The van der Waals surface area contributed by atoms with E-state index in [1.807, 2.05) is 42.3 Å². The first-order valence-electron chi connectivity index (χ1n) is 8.61. The second kappa shape index (κ2) is 9.13. The number of amides is 1. The molecule has 2 heterocycles. The van der Waals surface area contributed by atoms with E-state index in [0.29, 0.717) is 0 Å². The Kier molecular flexibility index (Phi) is 6.89. The first-order valence-corrected chi connectivity index (χ1v) is 11.0. The fraction of sp³-hybridized carbons (Fsp3) is 0.611. The Bertz CT molecular complexity index is 550. The van der Waals surface area contributed by atoms with Gasteiger partial charge in [0.1, 0.15) is 0 Å². The molecule has 0 bridgehead atoms. The first kappa shape index (κ1) is 18.1. The molecule has 1 atom stereocenters. The van der Waals surface area contributed by atoms with Gasteiger partial charge in [0.15, 0.2) is 0 Å². The van der Waals surface area contributed by atoms with Crippen LogP contribution in [0, 0.1) is 0 Å². The molecule has 2 saturated heterocycles. The first-order chi connectivity index (χ1) is 11.8. The minimum atomic E-state index is 0.195. The van der Waals surface area contributed by atoms with E-state index < -0.39 is 0 Å². The van der Waals surface area contributed by atoms with Crippen molar-refractivity contribution < 1.29 is 9.53 Å². The molecule has 4 nitrogen and oxygen atoms in total. The molecule has 0 saturated carbocycles. The third kappa shape index (κ3) is 4.48. The van der Waals surface area contributed by atoms with Crippen LogP contribution in [0.5, 0.6) is 0 Å². The Morgan fingerprint density at radius 1 is 1.29 bits per heavy atom. The molecule has 0 radical (unpaired) electrons. The Balaban J connectivity index is 1.77. The van der Waals surface area contributed by atoms with Crippen LogP contribution in [0.1, 0.15) is 16.8 Å². The molecular weight excluding hydrogens is 340 g/mol. The Morgan fingerprint density at radius 3 is 2.88 bits per heavy atom. The fourth-order valence-electron chi connectivity index (χ4n) is 3.31. The molecule has 6 heteroatoms. The van der Waals surface area contributed by atoms with Crippen molar-refractivity contribution in [2.24, 2.45) is 0 Å². The van der Waals surface area contributed by atoms with E-state index in [-0.39, 0.29) is 11.9 Å². The number of carbonyl (C=O) groups is 1. The van der Waals surface area contributed by atoms with Gasteiger partial charge in [-0.2, -0.15) is 11.8 Å². The van der Waals surface area contributed by atoms with E-state index in [1.54, 1.807) is 11.8 Å². The highest BCUT2D eigenvalue weighted by Gasteiger charge is 2.29. The van der Waals surface area contributed by atoms with Crippen LogP contribution in [0.2, 0.25) is 0 Å². The lowest BCUT2D eigenvalue weighted by Crippen LogP contribution is -2.50. The summed E-state index contributed by atoms with van der Waals surface area (Å²) in [5.74, 6) is 2.37. The monoisotopic (exact) mass is 366 g/mol. The largest absolute Gasteiger partial charge is 0.379 e. The molecule has 0 spiro atoms. The third-order valence-electron chi connectivity index (χ3n) is 4.61. The quantitative estimate of drug-likeness (QED) is 0.765. The molecule has 2 aliphatic heterocycles. The second-order valence-electron chi connectivity index (χ2n) is 6.19. The van der Waals surface area contributed by atoms with E-state index >= 15 is 0 Å². The van der Waals surface area contributed by atoms with Crippen LogP contribution in [-0.4, -0.2) is 78.9 Å². The van der Waals surface area contributed by atoms with Gasteiger partial charge in [-0.1, -0.05) is 12.1 Å². The number of thioether (sulfide) groups is 2. The van der Waals surface area contributed by atoms with Gasteiger partial charge in [-0.15, -0.1) is 11.8 Å². The van der Waals surface area contributed by atoms with Gasteiger partial charge in [0.2, 0.25) is 0 Å². The van der Waals surface area contributed by atoms with Gasteiger partial charge in [-0.25, -0.2) is 0 Å². The van der Waals surface area contributed by atoms with E-state index in [1.165, 1.54) is 0 Å². The molecule has 0 aliphatic carbocycles. The highest BCUT2D eigenvalue weighted by Crippen LogP contribution is 2.25. The van der Waals surface area contributed by atoms with Crippen LogP contribution in [0.15, 0.2) is 29.2 Å². The number of hydrogen-bond donors (Lipinski definition) is 0. The maximum Gasteiger partial charge on any atom is 0.255 e. The van der Waals surface area contributed by atoms with Gasteiger partial charge in [-0.3, -0.25) is 9.69 Å². The normalized spacial score (nSPS) is 23.0. The van der Waals surface area contributed by atoms with Crippen molar-refractivity contribution in [3.05, 3.63) is 29.8 Å². The number of carbonyl (C=O) groups excluding carboxylic acids is 1. The highest BCUT2D eigenvalue weighted by atomic mass is 32.2. The van der Waals surface area contributed by atoms with Crippen LogP contribution < -0.4 is 0 Å². The van der Waals surface area contributed by atoms with Crippen molar-refractivity contribution in [1.29, 1.82) is 0 Å². The minimum absolute atomic E-state index is 0.195. The Labute approximate surface area is 153 Å². The van der Waals surface area contributed by atoms with Crippen molar-refractivity contribution in [2.45, 2.75) is 17.4 Å². The van der Waals surface area contributed by atoms with Gasteiger partial charge in [0.05, 0.1) is 24.8 Å². The summed E-state index contributed by atoms with van der Waals surface area (Å²) < 4.78 is 5.46. The van der Waals surface area contributed by atoms with Crippen molar-refractivity contribution in [1.82, 2.24) is 9.80 Å². The average molecular weight is 367 g/mol. The molecule has 1 amide bonds. The van der Waals surface area contributed by atoms with Crippen molar-refractivity contribution >= 4 is 29.4 Å². The topological polar surface area (TPSA) is 32.8 Å². The van der Waals surface area contributed by atoms with Gasteiger partial charge in [0, 0.05) is 36.8 Å². The molecule has 1 aromatic carbocycles.